The van der Waals surface area contributed by atoms with E-state index in [2.05, 4.69) is 15.5 Å². The molecule has 40 heavy (non-hydrogen) atoms. The first-order chi connectivity index (χ1) is 19.6. The van der Waals surface area contributed by atoms with Gasteiger partial charge in [-0.25, -0.2) is 0 Å². The van der Waals surface area contributed by atoms with Crippen LogP contribution >= 0.6 is 0 Å². The number of carbonyl (C=O) groups is 3. The lowest BCUT2D eigenvalue weighted by Crippen LogP contribution is -2.64. The summed E-state index contributed by atoms with van der Waals surface area (Å²) in [6.07, 6.45) is 6.79. The third-order valence-electron chi connectivity index (χ3n) is 9.39. The summed E-state index contributed by atoms with van der Waals surface area (Å²) in [5.41, 5.74) is 0.493. The number of carbonyl (C=O) groups excluding carboxylic acids is 3. The van der Waals surface area contributed by atoms with Gasteiger partial charge in [-0.05, 0) is 50.7 Å². The van der Waals surface area contributed by atoms with Crippen molar-refractivity contribution in [3.63, 3.8) is 0 Å². The lowest BCUT2D eigenvalue weighted by atomic mass is 9.90. The summed E-state index contributed by atoms with van der Waals surface area (Å²) in [5, 5.41) is 6.36. The maximum absolute atomic E-state index is 13.8. The predicted octanol–water partition coefficient (Wildman–Crippen LogP) is 1.72. The van der Waals surface area contributed by atoms with Gasteiger partial charge in [0.05, 0.1) is 30.4 Å². The molecule has 1 saturated carbocycles. The number of rotatable bonds is 3. The van der Waals surface area contributed by atoms with Crippen molar-refractivity contribution in [1.29, 1.82) is 0 Å². The summed E-state index contributed by atoms with van der Waals surface area (Å²) in [6.45, 7) is 3.70. The van der Waals surface area contributed by atoms with E-state index < -0.39 is 6.04 Å². The number of amides is 3. The summed E-state index contributed by atoms with van der Waals surface area (Å²) in [4.78, 5) is 44.7. The number of nitrogens with zero attached hydrogens (tertiary/aromatic N) is 2. The Hall–Kier alpha value is -2.69. The Morgan fingerprint density at radius 2 is 1.77 bits per heavy atom. The van der Waals surface area contributed by atoms with Gasteiger partial charge in [-0.1, -0.05) is 18.6 Å². The zero-order valence-electron chi connectivity index (χ0n) is 23.2. The van der Waals surface area contributed by atoms with E-state index in [4.69, 9.17) is 14.2 Å². The summed E-state index contributed by atoms with van der Waals surface area (Å²) in [7, 11) is 0. The first-order valence-corrected chi connectivity index (χ1v) is 15.1. The summed E-state index contributed by atoms with van der Waals surface area (Å²) in [5.74, 6) is 0.194. The van der Waals surface area contributed by atoms with Crippen LogP contribution in [0.4, 0.5) is 0 Å². The number of nitrogens with one attached hydrogen (secondary N) is 2. The Labute approximate surface area is 236 Å². The van der Waals surface area contributed by atoms with Crippen LogP contribution < -0.4 is 15.4 Å². The molecule has 0 aromatic heterocycles. The molecule has 5 aliphatic rings. The van der Waals surface area contributed by atoms with Crippen LogP contribution in [0.3, 0.4) is 0 Å². The van der Waals surface area contributed by atoms with Gasteiger partial charge in [0.2, 0.25) is 11.8 Å². The molecule has 1 aliphatic carbocycles. The molecule has 4 heterocycles. The maximum Gasteiger partial charge on any atom is 0.258 e. The van der Waals surface area contributed by atoms with E-state index in [9.17, 15) is 14.4 Å². The minimum atomic E-state index is -0.604. The van der Waals surface area contributed by atoms with Crippen LogP contribution in [0.1, 0.15) is 61.7 Å². The Kier molecular flexibility index (Phi) is 8.55. The number of hydrogen-bond donors (Lipinski definition) is 2. The Morgan fingerprint density at radius 1 is 0.950 bits per heavy atom. The maximum atomic E-state index is 13.8. The van der Waals surface area contributed by atoms with Gasteiger partial charge in [-0.3, -0.25) is 19.3 Å². The first-order valence-electron chi connectivity index (χ1n) is 15.1. The van der Waals surface area contributed by atoms with Gasteiger partial charge in [0.25, 0.3) is 5.91 Å². The second kappa shape index (κ2) is 12.4. The van der Waals surface area contributed by atoms with Crippen molar-refractivity contribution in [2.45, 2.75) is 81.7 Å². The highest BCUT2D eigenvalue weighted by atomic mass is 16.5. The number of hydrogen-bond acceptors (Lipinski definition) is 7. The molecule has 4 atom stereocenters. The molecular weight excluding hydrogens is 512 g/mol. The summed E-state index contributed by atoms with van der Waals surface area (Å²) in [6, 6.07) is 7.02. The third kappa shape index (κ3) is 5.99. The number of piperazine rings is 1. The molecule has 6 rings (SSSR count). The van der Waals surface area contributed by atoms with Crippen LogP contribution in [-0.4, -0.2) is 104 Å². The molecule has 3 saturated heterocycles. The number of ether oxygens (including phenoxy) is 3. The standard InChI is InChI=1S/C30H42N4O6/c35-28(20-10-15-38-16-11-20)32-24-9-8-22-12-17-39-26-7-2-1-6-23(26)30(37)34-14-13-33(21-4-3-5-21)19-25(34)29(36)31-18-27(24)40-22/h1-2,6-7,20-22,24-25,27H,3-5,8-19H2,(H,31,36)(H,32,35)/t22-,24+,25-,27+/m0/s1. The van der Waals surface area contributed by atoms with Crippen LogP contribution in [0.25, 0.3) is 0 Å². The van der Waals surface area contributed by atoms with Gasteiger partial charge in [0, 0.05) is 57.8 Å². The largest absolute Gasteiger partial charge is 0.493 e. The quantitative estimate of drug-likeness (QED) is 0.586. The van der Waals surface area contributed by atoms with Crippen molar-refractivity contribution in [2.75, 3.05) is 46.0 Å². The molecule has 10 nitrogen and oxygen atoms in total. The Morgan fingerprint density at radius 3 is 2.58 bits per heavy atom. The van der Waals surface area contributed by atoms with Gasteiger partial charge in [0.15, 0.2) is 0 Å². The number of benzene rings is 1. The van der Waals surface area contributed by atoms with E-state index in [1.807, 2.05) is 18.2 Å². The molecule has 10 heteroatoms. The van der Waals surface area contributed by atoms with Gasteiger partial charge in [-0.2, -0.15) is 0 Å². The summed E-state index contributed by atoms with van der Waals surface area (Å²) >= 11 is 0. The average molecular weight is 555 g/mol. The van der Waals surface area contributed by atoms with Gasteiger partial charge in [-0.15, -0.1) is 0 Å². The molecule has 4 fully saturated rings. The highest BCUT2D eigenvalue weighted by Crippen LogP contribution is 2.30. The zero-order valence-corrected chi connectivity index (χ0v) is 23.2. The van der Waals surface area contributed by atoms with E-state index in [1.54, 1.807) is 11.0 Å². The van der Waals surface area contributed by atoms with Crippen molar-refractivity contribution >= 4 is 17.7 Å². The van der Waals surface area contributed by atoms with E-state index >= 15 is 0 Å². The van der Waals surface area contributed by atoms with Crippen LogP contribution in [0, 0.1) is 5.92 Å². The third-order valence-corrected chi connectivity index (χ3v) is 9.39. The minimum Gasteiger partial charge on any atom is -0.493 e. The molecular formula is C30H42N4O6. The van der Waals surface area contributed by atoms with Gasteiger partial charge in [0.1, 0.15) is 11.8 Å². The number of para-hydroxylation sites is 1. The fraction of sp³-hybridized carbons (Fsp3) is 0.700. The van der Waals surface area contributed by atoms with Gasteiger partial charge >= 0.3 is 0 Å². The molecule has 0 spiro atoms. The highest BCUT2D eigenvalue weighted by Gasteiger charge is 2.41. The fourth-order valence-electron chi connectivity index (χ4n) is 6.69. The molecule has 1 aromatic rings. The lowest BCUT2D eigenvalue weighted by Gasteiger charge is -2.46. The van der Waals surface area contributed by atoms with Crippen molar-refractivity contribution < 1.29 is 28.6 Å². The first kappa shape index (κ1) is 27.5. The smallest absolute Gasteiger partial charge is 0.258 e. The lowest BCUT2D eigenvalue weighted by molar-refractivity contribution is -0.134. The van der Waals surface area contributed by atoms with Crippen molar-refractivity contribution in [3.05, 3.63) is 29.8 Å². The van der Waals surface area contributed by atoms with Crippen LogP contribution in [0.15, 0.2) is 24.3 Å². The van der Waals surface area contributed by atoms with Crippen LogP contribution in [-0.2, 0) is 19.1 Å². The molecule has 4 aliphatic heterocycles. The molecule has 0 unspecified atom stereocenters. The Bertz CT molecular complexity index is 1070. The summed E-state index contributed by atoms with van der Waals surface area (Å²) < 4.78 is 18.0. The molecule has 0 radical (unpaired) electrons. The fourth-order valence-corrected chi connectivity index (χ4v) is 6.69. The topological polar surface area (TPSA) is 109 Å². The van der Waals surface area contributed by atoms with E-state index in [0.717, 1.165) is 45.1 Å². The molecule has 1 aromatic carbocycles. The normalized spacial score (nSPS) is 31.1. The van der Waals surface area contributed by atoms with Crippen molar-refractivity contribution in [3.8, 4) is 5.75 Å². The van der Waals surface area contributed by atoms with E-state index in [1.165, 1.54) is 6.42 Å². The van der Waals surface area contributed by atoms with Crippen LogP contribution in [0.5, 0.6) is 5.75 Å². The highest BCUT2D eigenvalue weighted by molar-refractivity contribution is 6.00. The van der Waals surface area contributed by atoms with E-state index in [0.29, 0.717) is 56.7 Å². The number of fused-ring (bicyclic) bond motifs is 4. The second-order valence-electron chi connectivity index (χ2n) is 11.8. The predicted molar refractivity (Wildman–Crippen MR) is 147 cm³/mol. The zero-order chi connectivity index (χ0) is 27.5. The Balaban J connectivity index is 1.22. The monoisotopic (exact) mass is 554 g/mol. The van der Waals surface area contributed by atoms with Crippen LogP contribution in [0.2, 0.25) is 0 Å². The van der Waals surface area contributed by atoms with Crippen molar-refractivity contribution in [2.24, 2.45) is 5.92 Å². The molecule has 2 bridgehead atoms. The SMILES string of the molecule is O=C(N[C@@H]1CC[C@H]2CCOc3ccccc3C(=O)N3CCN(C4CCC4)C[C@H]3C(=O)NC[C@H]1O2)C1CCOCC1. The molecule has 3 amide bonds. The second-order valence-corrected chi connectivity index (χ2v) is 11.8. The van der Waals surface area contributed by atoms with E-state index in [-0.39, 0.29) is 48.4 Å². The van der Waals surface area contributed by atoms with Crippen molar-refractivity contribution in [1.82, 2.24) is 20.4 Å². The molecule has 2 N–H and O–H groups in total. The molecule has 218 valence electrons. The van der Waals surface area contributed by atoms with Gasteiger partial charge < -0.3 is 29.7 Å². The minimum absolute atomic E-state index is 0.0428. The average Bonchev–Trinajstić information content (AvgIpc) is 2.96.